The molecule has 0 bridgehead atoms. The first-order valence-corrected chi connectivity index (χ1v) is 7.40. The molecule has 114 valence electrons. The van der Waals surface area contributed by atoms with Gasteiger partial charge in [-0.25, -0.2) is 0 Å². The van der Waals surface area contributed by atoms with Gasteiger partial charge in [-0.05, 0) is 31.0 Å². The Bertz CT molecular complexity index is 658. The normalized spacial score (nSPS) is 13.9. The number of aliphatic hydroxyl groups excluding tert-OH is 1. The molecule has 0 spiro atoms. The van der Waals surface area contributed by atoms with Crippen molar-refractivity contribution in [3.8, 4) is 0 Å². The van der Waals surface area contributed by atoms with Gasteiger partial charge in [0.1, 0.15) is 0 Å². The van der Waals surface area contributed by atoms with E-state index in [1.54, 1.807) is 47.6 Å². The lowest BCUT2D eigenvalue weighted by Crippen LogP contribution is -2.35. The molecule has 3 rings (SSSR count). The summed E-state index contributed by atoms with van der Waals surface area (Å²) in [6.07, 6.45) is 5.34. The number of aromatic nitrogens is 1. The third-order valence-corrected chi connectivity index (χ3v) is 3.84. The Kier molecular flexibility index (Phi) is 4.06. The Morgan fingerprint density at radius 1 is 1.09 bits per heavy atom. The van der Waals surface area contributed by atoms with Gasteiger partial charge in [-0.1, -0.05) is 12.1 Å². The average molecular weight is 298 g/mol. The molecule has 1 amide bonds. The summed E-state index contributed by atoms with van der Waals surface area (Å²) < 4.78 is 0. The molecule has 0 radical (unpaired) electrons. The largest absolute Gasteiger partial charge is 0.395 e. The van der Waals surface area contributed by atoms with Crippen molar-refractivity contribution in [3.63, 3.8) is 0 Å². The fourth-order valence-corrected chi connectivity index (χ4v) is 2.51. The van der Waals surface area contributed by atoms with Gasteiger partial charge in [0.2, 0.25) is 0 Å². The van der Waals surface area contributed by atoms with Crippen LogP contribution in [0.1, 0.15) is 39.1 Å². The number of aliphatic hydroxyl groups is 1. The molecule has 0 aliphatic heterocycles. The molecular weight excluding hydrogens is 280 g/mol. The summed E-state index contributed by atoms with van der Waals surface area (Å²) in [5.41, 5.74) is 1.70. The number of amides is 1. The van der Waals surface area contributed by atoms with E-state index in [4.69, 9.17) is 5.11 Å². The van der Waals surface area contributed by atoms with Gasteiger partial charge < -0.3 is 15.0 Å². The van der Waals surface area contributed by atoms with E-state index in [-0.39, 0.29) is 24.3 Å². The van der Waals surface area contributed by atoms with Gasteiger partial charge >= 0.3 is 0 Å². The molecule has 0 saturated heterocycles. The quantitative estimate of drug-likeness (QED) is 0.799. The lowest BCUT2D eigenvalue weighted by atomic mass is 10.0. The van der Waals surface area contributed by atoms with Gasteiger partial charge in [-0.15, -0.1) is 0 Å². The van der Waals surface area contributed by atoms with E-state index in [2.05, 4.69) is 4.98 Å². The molecule has 5 heteroatoms. The molecule has 0 unspecified atom stereocenters. The first-order chi connectivity index (χ1) is 10.7. The number of ketones is 1. The van der Waals surface area contributed by atoms with Crippen LogP contribution in [0.2, 0.25) is 0 Å². The van der Waals surface area contributed by atoms with E-state index in [1.807, 2.05) is 0 Å². The van der Waals surface area contributed by atoms with Gasteiger partial charge in [0.05, 0.1) is 6.61 Å². The lowest BCUT2D eigenvalue weighted by Gasteiger charge is -2.21. The van der Waals surface area contributed by atoms with Crippen molar-refractivity contribution in [2.45, 2.75) is 18.9 Å². The SMILES string of the molecule is O=C(c1ccc(C(=O)N(CCO)C2CC2)cc1)c1cc[nH]c1. The van der Waals surface area contributed by atoms with Gasteiger partial charge in [0.25, 0.3) is 5.91 Å². The number of hydrogen-bond donors (Lipinski definition) is 2. The molecule has 1 aromatic heterocycles. The van der Waals surface area contributed by atoms with Crippen molar-refractivity contribution in [2.24, 2.45) is 0 Å². The first kappa shape index (κ1) is 14.5. The Hall–Kier alpha value is -2.40. The van der Waals surface area contributed by atoms with Crippen LogP contribution >= 0.6 is 0 Å². The lowest BCUT2D eigenvalue weighted by molar-refractivity contribution is 0.0707. The van der Waals surface area contributed by atoms with Crippen LogP contribution in [0.15, 0.2) is 42.7 Å². The fourth-order valence-electron chi connectivity index (χ4n) is 2.51. The third-order valence-electron chi connectivity index (χ3n) is 3.84. The Morgan fingerprint density at radius 2 is 1.77 bits per heavy atom. The third kappa shape index (κ3) is 2.94. The predicted octanol–water partition coefficient (Wildman–Crippen LogP) is 1.84. The van der Waals surface area contributed by atoms with E-state index in [1.165, 1.54) is 0 Å². The van der Waals surface area contributed by atoms with Crippen molar-refractivity contribution < 1.29 is 14.7 Å². The molecule has 1 aromatic carbocycles. The van der Waals surface area contributed by atoms with Crippen LogP contribution in [0.25, 0.3) is 0 Å². The van der Waals surface area contributed by atoms with Gasteiger partial charge in [-0.2, -0.15) is 0 Å². The maximum atomic E-state index is 12.5. The second kappa shape index (κ2) is 6.15. The summed E-state index contributed by atoms with van der Waals surface area (Å²) in [4.78, 5) is 29.2. The molecule has 1 fully saturated rings. The second-order valence-corrected chi connectivity index (χ2v) is 5.46. The Morgan fingerprint density at radius 3 is 2.32 bits per heavy atom. The number of carbonyl (C=O) groups excluding carboxylic acids is 2. The van der Waals surface area contributed by atoms with E-state index in [0.717, 1.165) is 12.8 Å². The zero-order chi connectivity index (χ0) is 15.5. The second-order valence-electron chi connectivity index (χ2n) is 5.46. The van der Waals surface area contributed by atoms with Crippen LogP contribution in [0.5, 0.6) is 0 Å². The van der Waals surface area contributed by atoms with E-state index in [9.17, 15) is 9.59 Å². The monoisotopic (exact) mass is 298 g/mol. The summed E-state index contributed by atoms with van der Waals surface area (Å²) in [6.45, 7) is 0.319. The highest BCUT2D eigenvalue weighted by molar-refractivity contribution is 6.09. The minimum Gasteiger partial charge on any atom is -0.395 e. The van der Waals surface area contributed by atoms with Gasteiger partial charge in [-0.3, -0.25) is 9.59 Å². The molecule has 2 aromatic rings. The first-order valence-electron chi connectivity index (χ1n) is 7.40. The maximum absolute atomic E-state index is 12.5. The van der Waals surface area contributed by atoms with Crippen molar-refractivity contribution in [1.82, 2.24) is 9.88 Å². The highest BCUT2D eigenvalue weighted by atomic mass is 16.3. The fraction of sp³-hybridized carbons (Fsp3) is 0.294. The zero-order valence-electron chi connectivity index (χ0n) is 12.2. The van der Waals surface area contributed by atoms with Gasteiger partial charge in [0.15, 0.2) is 5.78 Å². The van der Waals surface area contributed by atoms with Crippen LogP contribution in [0.4, 0.5) is 0 Å². The van der Waals surface area contributed by atoms with Crippen LogP contribution in [-0.4, -0.2) is 45.9 Å². The van der Waals surface area contributed by atoms with Crippen molar-refractivity contribution in [3.05, 3.63) is 59.4 Å². The molecule has 5 nitrogen and oxygen atoms in total. The molecule has 1 saturated carbocycles. The molecule has 1 aliphatic carbocycles. The summed E-state index contributed by atoms with van der Waals surface area (Å²) in [5.74, 6) is -0.160. The number of carbonyl (C=O) groups is 2. The zero-order valence-corrected chi connectivity index (χ0v) is 12.2. The van der Waals surface area contributed by atoms with Crippen molar-refractivity contribution >= 4 is 11.7 Å². The van der Waals surface area contributed by atoms with Crippen molar-refractivity contribution in [1.29, 1.82) is 0 Å². The number of benzene rings is 1. The molecule has 1 aliphatic rings. The average Bonchev–Trinajstić information content (AvgIpc) is 3.24. The summed E-state index contributed by atoms with van der Waals surface area (Å²) >= 11 is 0. The van der Waals surface area contributed by atoms with Crippen LogP contribution in [0.3, 0.4) is 0 Å². The maximum Gasteiger partial charge on any atom is 0.254 e. The Balaban J connectivity index is 1.76. The topological polar surface area (TPSA) is 73.4 Å². The molecule has 0 atom stereocenters. The number of nitrogens with zero attached hydrogens (tertiary/aromatic N) is 1. The molecule has 2 N–H and O–H groups in total. The van der Waals surface area contributed by atoms with Crippen LogP contribution < -0.4 is 0 Å². The van der Waals surface area contributed by atoms with Crippen molar-refractivity contribution in [2.75, 3.05) is 13.2 Å². The molecule has 22 heavy (non-hydrogen) atoms. The summed E-state index contributed by atoms with van der Waals surface area (Å²) in [5, 5.41) is 9.09. The molecule has 1 heterocycles. The van der Waals surface area contributed by atoms with Crippen LogP contribution in [0, 0.1) is 0 Å². The van der Waals surface area contributed by atoms with E-state index >= 15 is 0 Å². The number of rotatable bonds is 6. The highest BCUT2D eigenvalue weighted by Gasteiger charge is 2.32. The Labute approximate surface area is 128 Å². The summed E-state index contributed by atoms with van der Waals surface area (Å²) in [6, 6.07) is 8.67. The minimum atomic E-state index is -0.0859. The van der Waals surface area contributed by atoms with E-state index < -0.39 is 0 Å². The smallest absolute Gasteiger partial charge is 0.254 e. The number of hydrogen-bond acceptors (Lipinski definition) is 3. The van der Waals surface area contributed by atoms with Gasteiger partial charge in [0, 0.05) is 41.7 Å². The number of aromatic amines is 1. The highest BCUT2D eigenvalue weighted by Crippen LogP contribution is 2.28. The predicted molar refractivity (Wildman–Crippen MR) is 81.8 cm³/mol. The summed E-state index contributed by atoms with van der Waals surface area (Å²) in [7, 11) is 0. The number of H-pyrrole nitrogens is 1. The number of nitrogens with one attached hydrogen (secondary N) is 1. The van der Waals surface area contributed by atoms with Crippen LogP contribution in [-0.2, 0) is 0 Å². The molecular formula is C17H18N2O3. The van der Waals surface area contributed by atoms with E-state index in [0.29, 0.717) is 23.2 Å². The standard InChI is InChI=1S/C17H18N2O3/c20-10-9-19(15-5-6-15)17(22)13-3-1-12(2-4-13)16(21)14-7-8-18-11-14/h1-4,7-8,11,15,18,20H,5-6,9-10H2. The minimum absolute atomic E-state index is 0.0354.